The van der Waals surface area contributed by atoms with Crippen LogP contribution in [0.2, 0.25) is 0 Å². The maximum Gasteiger partial charge on any atom is 0.305 e. The van der Waals surface area contributed by atoms with Crippen molar-refractivity contribution in [1.82, 2.24) is 0 Å². The smallest absolute Gasteiger partial charge is 0.305 e. The number of aliphatic carboxylic acids is 1. The van der Waals surface area contributed by atoms with Crippen molar-refractivity contribution >= 4 is 40.2 Å². The molecule has 1 aromatic carbocycles. The fourth-order valence-electron chi connectivity index (χ4n) is 2.99. The molecule has 0 spiro atoms. The van der Waals surface area contributed by atoms with E-state index in [9.17, 15) is 9.59 Å². The van der Waals surface area contributed by atoms with E-state index in [4.69, 9.17) is 5.11 Å². The minimum absolute atomic E-state index is 0.220. The second kappa shape index (κ2) is 8.29. The molecule has 1 heterocycles. The Labute approximate surface area is 151 Å². The normalized spacial score (nSPS) is 23.0. The lowest BCUT2D eigenvalue weighted by atomic mass is 10.2. The van der Waals surface area contributed by atoms with Gasteiger partial charge < -0.3 is 5.11 Å². The molecule has 25 heavy (non-hydrogen) atoms. The van der Waals surface area contributed by atoms with E-state index in [0.29, 0.717) is 10.9 Å². The van der Waals surface area contributed by atoms with Gasteiger partial charge in [-0.2, -0.15) is 5.10 Å². The highest BCUT2D eigenvalue weighted by molar-refractivity contribution is 8.16. The fourth-order valence-corrected chi connectivity index (χ4v) is 4.06. The van der Waals surface area contributed by atoms with E-state index in [0.717, 1.165) is 31.4 Å². The second-order valence-electron chi connectivity index (χ2n) is 6.18. The molecule has 3 rings (SSSR count). The molecule has 6 nitrogen and oxygen atoms in total. The number of hydrogen-bond donors (Lipinski definition) is 1. The molecule has 132 valence electrons. The molecule has 1 aliphatic heterocycles. The Hall–Kier alpha value is -2.15. The van der Waals surface area contributed by atoms with E-state index in [-0.39, 0.29) is 12.3 Å². The lowest BCUT2D eigenvalue weighted by molar-refractivity contribution is -0.138. The summed E-state index contributed by atoms with van der Waals surface area (Å²) in [6.45, 7) is 0. The number of carboxylic acid groups (broad SMARTS) is 1. The Morgan fingerprint density at radius 3 is 2.44 bits per heavy atom. The van der Waals surface area contributed by atoms with Crippen molar-refractivity contribution in [3.63, 3.8) is 0 Å². The van der Waals surface area contributed by atoms with Crippen LogP contribution < -0.4 is 4.90 Å². The van der Waals surface area contributed by atoms with Crippen LogP contribution in [-0.2, 0) is 9.59 Å². The maximum atomic E-state index is 12.7. The third-order valence-corrected chi connectivity index (χ3v) is 5.39. The lowest BCUT2D eigenvalue weighted by Gasteiger charge is -2.15. The van der Waals surface area contributed by atoms with Gasteiger partial charge in [-0.25, -0.2) is 0 Å². The topological polar surface area (TPSA) is 82.3 Å². The number of amidine groups is 1. The van der Waals surface area contributed by atoms with Gasteiger partial charge in [0.15, 0.2) is 5.17 Å². The minimum Gasteiger partial charge on any atom is -0.481 e. The fraction of sp³-hybridized carbons (Fsp3) is 0.444. The first-order valence-corrected chi connectivity index (χ1v) is 9.44. The Bertz CT molecular complexity index is 693. The summed E-state index contributed by atoms with van der Waals surface area (Å²) < 4.78 is 0. The molecule has 0 bridgehead atoms. The Morgan fingerprint density at radius 2 is 1.80 bits per heavy atom. The summed E-state index contributed by atoms with van der Waals surface area (Å²) in [7, 11) is 0. The van der Waals surface area contributed by atoms with Crippen molar-refractivity contribution in [2.75, 3.05) is 4.90 Å². The van der Waals surface area contributed by atoms with E-state index in [1.54, 1.807) is 0 Å². The van der Waals surface area contributed by atoms with Crippen LogP contribution in [0.3, 0.4) is 0 Å². The highest BCUT2D eigenvalue weighted by Crippen LogP contribution is 2.33. The van der Waals surface area contributed by atoms with Crippen molar-refractivity contribution in [3.05, 3.63) is 30.3 Å². The first-order chi connectivity index (χ1) is 12.1. The second-order valence-corrected chi connectivity index (χ2v) is 7.35. The summed E-state index contributed by atoms with van der Waals surface area (Å²) in [5, 5.41) is 17.6. The summed E-state index contributed by atoms with van der Waals surface area (Å²) in [6, 6.07) is 9.18. The molecule has 1 aliphatic carbocycles. The third kappa shape index (κ3) is 4.48. The molecule has 1 N–H and O–H groups in total. The largest absolute Gasteiger partial charge is 0.481 e. The average Bonchev–Trinajstić information content (AvgIpc) is 2.78. The lowest BCUT2D eigenvalue weighted by Crippen LogP contribution is -2.32. The van der Waals surface area contributed by atoms with Crippen LogP contribution in [0, 0.1) is 0 Å². The molecule has 2 fully saturated rings. The summed E-state index contributed by atoms with van der Waals surface area (Å²) in [6.07, 6.45) is 6.36. The number of carbonyl (C=O) groups is 2. The monoisotopic (exact) mass is 359 g/mol. The molecule has 1 atom stereocenters. The Morgan fingerprint density at radius 1 is 1.12 bits per heavy atom. The van der Waals surface area contributed by atoms with Crippen LogP contribution in [0.1, 0.15) is 44.9 Å². The van der Waals surface area contributed by atoms with E-state index in [1.807, 2.05) is 30.3 Å². The van der Waals surface area contributed by atoms with Crippen molar-refractivity contribution in [2.45, 2.75) is 50.2 Å². The third-order valence-electron chi connectivity index (χ3n) is 4.27. The van der Waals surface area contributed by atoms with Gasteiger partial charge in [-0.15, -0.1) is 5.10 Å². The number of benzene rings is 1. The van der Waals surface area contributed by atoms with Crippen molar-refractivity contribution in [3.8, 4) is 0 Å². The molecule has 0 unspecified atom stereocenters. The summed E-state index contributed by atoms with van der Waals surface area (Å²) >= 11 is 1.18. The van der Waals surface area contributed by atoms with Gasteiger partial charge in [0.05, 0.1) is 12.1 Å². The summed E-state index contributed by atoms with van der Waals surface area (Å²) in [5.74, 6) is -1.24. The van der Waals surface area contributed by atoms with Crippen LogP contribution in [0.5, 0.6) is 0 Å². The first-order valence-electron chi connectivity index (χ1n) is 8.56. The van der Waals surface area contributed by atoms with Gasteiger partial charge >= 0.3 is 5.97 Å². The molecule has 1 saturated carbocycles. The Balaban J connectivity index is 1.88. The van der Waals surface area contributed by atoms with Crippen LogP contribution in [0.25, 0.3) is 0 Å². The molecule has 1 aromatic rings. The predicted octanol–water partition coefficient (Wildman–Crippen LogP) is 3.68. The molecular formula is C18H21N3O3S. The number of para-hydroxylation sites is 1. The molecule has 0 radical (unpaired) electrons. The van der Waals surface area contributed by atoms with E-state index >= 15 is 0 Å². The number of rotatable bonds is 4. The van der Waals surface area contributed by atoms with Crippen molar-refractivity contribution < 1.29 is 14.7 Å². The minimum atomic E-state index is -0.991. The van der Waals surface area contributed by atoms with E-state index in [2.05, 4.69) is 10.2 Å². The van der Waals surface area contributed by atoms with Gasteiger partial charge in [0.1, 0.15) is 5.25 Å². The van der Waals surface area contributed by atoms with Crippen LogP contribution >= 0.6 is 11.8 Å². The molecule has 1 amide bonds. The van der Waals surface area contributed by atoms with Gasteiger partial charge in [-0.05, 0) is 37.8 Å². The molecule has 2 aliphatic rings. The van der Waals surface area contributed by atoms with Gasteiger partial charge in [0, 0.05) is 5.71 Å². The van der Waals surface area contributed by atoms with Crippen LogP contribution in [0.4, 0.5) is 5.69 Å². The van der Waals surface area contributed by atoms with Crippen LogP contribution in [0.15, 0.2) is 40.5 Å². The number of amides is 1. The molecular weight excluding hydrogens is 338 g/mol. The molecule has 7 heteroatoms. The SMILES string of the molecule is O=C(O)C[C@H]1S/C(=N/N=C2CCCCCC2)N(c2ccccc2)C1=O. The Kier molecular flexibility index (Phi) is 5.86. The van der Waals surface area contributed by atoms with Crippen LogP contribution in [-0.4, -0.2) is 33.1 Å². The number of anilines is 1. The zero-order valence-electron chi connectivity index (χ0n) is 13.9. The van der Waals surface area contributed by atoms with Gasteiger partial charge in [0.2, 0.25) is 5.91 Å². The highest BCUT2D eigenvalue weighted by Gasteiger charge is 2.40. The van der Waals surface area contributed by atoms with Gasteiger partial charge in [0.25, 0.3) is 0 Å². The van der Waals surface area contributed by atoms with Crippen molar-refractivity contribution in [1.29, 1.82) is 0 Å². The average molecular weight is 359 g/mol. The highest BCUT2D eigenvalue weighted by atomic mass is 32.2. The maximum absolute atomic E-state index is 12.7. The quantitative estimate of drug-likeness (QED) is 0.657. The molecule has 0 aromatic heterocycles. The van der Waals surface area contributed by atoms with Gasteiger partial charge in [-0.3, -0.25) is 14.5 Å². The number of nitrogens with zero attached hydrogens (tertiary/aromatic N) is 3. The number of thioether (sulfide) groups is 1. The summed E-state index contributed by atoms with van der Waals surface area (Å²) in [4.78, 5) is 25.2. The number of carboxylic acids is 1. The zero-order chi connectivity index (χ0) is 17.6. The predicted molar refractivity (Wildman–Crippen MR) is 100 cm³/mol. The zero-order valence-corrected chi connectivity index (χ0v) is 14.7. The molecule has 1 saturated heterocycles. The van der Waals surface area contributed by atoms with E-state index in [1.165, 1.54) is 29.5 Å². The van der Waals surface area contributed by atoms with E-state index < -0.39 is 11.2 Å². The van der Waals surface area contributed by atoms with Gasteiger partial charge in [-0.1, -0.05) is 42.8 Å². The first kappa shape index (κ1) is 17.7. The summed E-state index contributed by atoms with van der Waals surface area (Å²) in [5.41, 5.74) is 1.75. The number of hydrogen-bond acceptors (Lipinski definition) is 5. The number of carbonyl (C=O) groups excluding carboxylic acids is 1. The van der Waals surface area contributed by atoms with Crippen molar-refractivity contribution in [2.24, 2.45) is 10.2 Å². The standard InChI is InChI=1S/C18H21N3O3S/c22-16(23)12-15-17(24)21(14-10-6-3-7-11-14)18(25-15)20-19-13-8-4-1-2-5-9-13/h3,6-7,10-11,15H,1-2,4-5,8-9,12H2,(H,22,23)/b20-18+/t15-/m1/s1.